The van der Waals surface area contributed by atoms with E-state index in [9.17, 15) is 0 Å². The van der Waals surface area contributed by atoms with Gasteiger partial charge in [-0.15, -0.1) is 10.2 Å². The molecule has 0 N–H and O–H groups in total. The molecule has 0 saturated carbocycles. The minimum atomic E-state index is 0.462. The standard InChI is InChI=1S/C9H6BrIN2O2/c1-14-7-4-5(10)2-3-6(7)8-12-13-9(11)15-8/h2-4H,1H3. The molecule has 2 rings (SSSR count). The molecular weight excluding hydrogens is 375 g/mol. The Morgan fingerprint density at radius 3 is 2.80 bits per heavy atom. The van der Waals surface area contributed by atoms with Gasteiger partial charge in [0, 0.05) is 27.1 Å². The number of nitrogens with zero attached hydrogens (tertiary/aromatic N) is 2. The molecule has 2 aromatic rings. The van der Waals surface area contributed by atoms with Crippen LogP contribution in [0.2, 0.25) is 0 Å². The van der Waals surface area contributed by atoms with Gasteiger partial charge in [0.25, 0.3) is 9.79 Å². The van der Waals surface area contributed by atoms with E-state index in [1.807, 2.05) is 40.8 Å². The number of rotatable bonds is 2. The largest absolute Gasteiger partial charge is 0.496 e. The SMILES string of the molecule is COc1cc(Br)ccc1-c1nnc(I)o1. The first-order valence-corrected chi connectivity index (χ1v) is 5.91. The molecular formula is C9H6BrIN2O2. The van der Waals surface area contributed by atoms with Crippen LogP contribution in [0.5, 0.6) is 5.75 Å². The summed E-state index contributed by atoms with van der Waals surface area (Å²) in [5.41, 5.74) is 0.788. The number of halogens is 2. The molecule has 1 heterocycles. The smallest absolute Gasteiger partial charge is 0.278 e. The van der Waals surface area contributed by atoms with Gasteiger partial charge in [0.2, 0.25) is 0 Å². The second-order valence-electron chi connectivity index (χ2n) is 2.70. The predicted molar refractivity (Wildman–Crippen MR) is 66.7 cm³/mol. The van der Waals surface area contributed by atoms with Gasteiger partial charge >= 0.3 is 0 Å². The maximum atomic E-state index is 5.32. The molecule has 0 bridgehead atoms. The van der Waals surface area contributed by atoms with Gasteiger partial charge in [0.1, 0.15) is 5.75 Å². The highest BCUT2D eigenvalue weighted by Gasteiger charge is 2.12. The molecule has 0 fully saturated rings. The number of benzene rings is 1. The number of aromatic nitrogens is 2. The van der Waals surface area contributed by atoms with Crippen LogP contribution in [0.4, 0.5) is 0 Å². The summed E-state index contributed by atoms with van der Waals surface area (Å²) >= 11 is 5.33. The van der Waals surface area contributed by atoms with Crippen LogP contribution in [0.25, 0.3) is 11.5 Å². The fourth-order valence-electron chi connectivity index (χ4n) is 1.16. The highest BCUT2D eigenvalue weighted by atomic mass is 127. The summed E-state index contributed by atoms with van der Waals surface area (Å²) in [6.07, 6.45) is 0. The zero-order valence-electron chi connectivity index (χ0n) is 7.70. The molecule has 0 spiro atoms. The van der Waals surface area contributed by atoms with Crippen molar-refractivity contribution in [3.8, 4) is 17.2 Å². The third kappa shape index (κ3) is 2.31. The summed E-state index contributed by atoms with van der Waals surface area (Å²) in [6, 6.07) is 5.62. The van der Waals surface area contributed by atoms with Crippen LogP contribution in [0, 0.1) is 3.90 Å². The molecule has 0 radical (unpaired) electrons. The van der Waals surface area contributed by atoms with Gasteiger partial charge in [0.05, 0.1) is 12.7 Å². The van der Waals surface area contributed by atoms with Gasteiger partial charge in [-0.05, 0) is 18.2 Å². The van der Waals surface area contributed by atoms with E-state index in [1.54, 1.807) is 7.11 Å². The Hall–Kier alpha value is -0.630. The van der Waals surface area contributed by atoms with Crippen LogP contribution < -0.4 is 4.74 Å². The number of methoxy groups -OCH3 is 1. The molecule has 0 aliphatic heterocycles. The Morgan fingerprint density at radius 1 is 1.40 bits per heavy atom. The first kappa shape index (κ1) is 10.9. The molecule has 0 saturated heterocycles. The van der Waals surface area contributed by atoms with Crippen molar-refractivity contribution in [2.24, 2.45) is 0 Å². The van der Waals surface area contributed by atoms with Gasteiger partial charge in [-0.2, -0.15) is 0 Å². The van der Waals surface area contributed by atoms with Gasteiger partial charge in [-0.1, -0.05) is 15.9 Å². The van der Waals surface area contributed by atoms with Crippen LogP contribution in [0.15, 0.2) is 27.1 Å². The third-order valence-corrected chi connectivity index (χ3v) is 2.72. The van der Waals surface area contributed by atoms with E-state index in [0.717, 1.165) is 10.0 Å². The van der Waals surface area contributed by atoms with E-state index in [2.05, 4.69) is 26.1 Å². The number of hydrogen-bond acceptors (Lipinski definition) is 4. The Kier molecular flexibility index (Phi) is 3.25. The summed E-state index contributed by atoms with van der Waals surface area (Å²) in [6.45, 7) is 0. The lowest BCUT2D eigenvalue weighted by Gasteiger charge is -2.04. The van der Waals surface area contributed by atoms with Crippen LogP contribution in [0.1, 0.15) is 0 Å². The Morgan fingerprint density at radius 2 is 2.20 bits per heavy atom. The summed E-state index contributed by atoms with van der Waals surface area (Å²) in [5, 5.41) is 7.70. The molecule has 6 heteroatoms. The van der Waals surface area contributed by atoms with Gasteiger partial charge in [0.15, 0.2) is 0 Å². The minimum Gasteiger partial charge on any atom is -0.496 e. The molecule has 15 heavy (non-hydrogen) atoms. The van der Waals surface area contributed by atoms with Crippen molar-refractivity contribution in [2.45, 2.75) is 0 Å². The molecule has 0 unspecified atom stereocenters. The summed E-state index contributed by atoms with van der Waals surface area (Å²) < 4.78 is 12.0. The van der Waals surface area contributed by atoms with Crippen LogP contribution in [0.3, 0.4) is 0 Å². The fourth-order valence-corrected chi connectivity index (χ4v) is 1.81. The summed E-state index contributed by atoms with van der Waals surface area (Å²) in [7, 11) is 1.60. The average molecular weight is 381 g/mol. The van der Waals surface area contributed by atoms with E-state index in [1.165, 1.54) is 0 Å². The Labute approximate surface area is 108 Å². The quantitative estimate of drug-likeness (QED) is 0.751. The normalized spacial score (nSPS) is 10.3. The fraction of sp³-hybridized carbons (Fsp3) is 0.111. The van der Waals surface area contributed by atoms with Gasteiger partial charge in [-0.25, -0.2) is 0 Å². The van der Waals surface area contributed by atoms with Crippen LogP contribution in [-0.2, 0) is 0 Å². The molecule has 0 atom stereocenters. The van der Waals surface area contributed by atoms with Crippen molar-refractivity contribution in [1.29, 1.82) is 0 Å². The van der Waals surface area contributed by atoms with Crippen LogP contribution >= 0.6 is 38.5 Å². The highest BCUT2D eigenvalue weighted by molar-refractivity contribution is 14.1. The molecule has 1 aromatic carbocycles. The second-order valence-corrected chi connectivity index (χ2v) is 4.54. The maximum Gasteiger partial charge on any atom is 0.278 e. The Balaban J connectivity index is 2.52. The monoisotopic (exact) mass is 380 g/mol. The first-order chi connectivity index (χ1) is 7.20. The zero-order valence-corrected chi connectivity index (χ0v) is 11.4. The molecule has 0 aliphatic rings. The number of ether oxygens (including phenoxy) is 1. The first-order valence-electron chi connectivity index (χ1n) is 4.03. The van der Waals surface area contributed by atoms with Gasteiger partial charge in [-0.3, -0.25) is 0 Å². The van der Waals surface area contributed by atoms with Crippen LogP contribution in [-0.4, -0.2) is 17.3 Å². The van der Waals surface area contributed by atoms with Crippen molar-refractivity contribution in [2.75, 3.05) is 7.11 Å². The predicted octanol–water partition coefficient (Wildman–Crippen LogP) is 3.11. The molecule has 0 aliphatic carbocycles. The summed E-state index contributed by atoms with van der Waals surface area (Å²) in [5.74, 6) is 1.16. The molecule has 0 amide bonds. The van der Waals surface area contributed by atoms with E-state index in [0.29, 0.717) is 15.5 Å². The van der Waals surface area contributed by atoms with Crippen molar-refractivity contribution in [1.82, 2.24) is 10.2 Å². The third-order valence-electron chi connectivity index (χ3n) is 1.79. The van der Waals surface area contributed by atoms with Crippen molar-refractivity contribution in [3.05, 3.63) is 26.6 Å². The minimum absolute atomic E-state index is 0.462. The van der Waals surface area contributed by atoms with Crippen molar-refractivity contribution < 1.29 is 9.15 Å². The lowest BCUT2D eigenvalue weighted by molar-refractivity contribution is 0.413. The maximum absolute atomic E-state index is 5.32. The van der Waals surface area contributed by atoms with E-state index in [4.69, 9.17) is 9.15 Å². The molecule has 78 valence electrons. The van der Waals surface area contributed by atoms with Crippen molar-refractivity contribution >= 4 is 38.5 Å². The lowest BCUT2D eigenvalue weighted by atomic mass is 10.2. The van der Waals surface area contributed by atoms with Crippen molar-refractivity contribution in [3.63, 3.8) is 0 Å². The second kappa shape index (κ2) is 4.48. The zero-order chi connectivity index (χ0) is 10.8. The number of hydrogen-bond donors (Lipinski definition) is 0. The topological polar surface area (TPSA) is 48.2 Å². The van der Waals surface area contributed by atoms with Gasteiger partial charge < -0.3 is 9.15 Å². The lowest BCUT2D eigenvalue weighted by Crippen LogP contribution is -1.88. The Bertz CT molecular complexity index is 487. The van der Waals surface area contributed by atoms with E-state index < -0.39 is 0 Å². The highest BCUT2D eigenvalue weighted by Crippen LogP contribution is 2.31. The van der Waals surface area contributed by atoms with E-state index >= 15 is 0 Å². The summed E-state index contributed by atoms with van der Waals surface area (Å²) in [4.78, 5) is 0. The molecule has 4 nitrogen and oxygen atoms in total. The van der Waals surface area contributed by atoms with E-state index in [-0.39, 0.29) is 0 Å². The average Bonchev–Trinajstić information content (AvgIpc) is 2.64. The molecule has 1 aromatic heterocycles.